The van der Waals surface area contributed by atoms with Gasteiger partial charge in [0.05, 0.1) is 23.5 Å². The second-order valence-electron chi connectivity index (χ2n) is 11.7. The maximum atomic E-state index is 14.4. The second-order valence-corrected chi connectivity index (χ2v) is 12.1. The molecule has 16 heteroatoms. The molecule has 3 aromatic heterocycles. The van der Waals surface area contributed by atoms with Crippen molar-refractivity contribution < 1.29 is 42.5 Å². The first kappa shape index (κ1) is 38.7. The highest BCUT2D eigenvalue weighted by Gasteiger charge is 2.22. The van der Waals surface area contributed by atoms with Gasteiger partial charge >= 0.3 is 17.6 Å². The molecule has 0 fully saturated rings. The van der Waals surface area contributed by atoms with Crippen LogP contribution in [0, 0.1) is 5.82 Å². The van der Waals surface area contributed by atoms with E-state index in [-0.39, 0.29) is 69.5 Å². The molecule has 3 heterocycles. The minimum absolute atomic E-state index is 0.00458. The van der Waals surface area contributed by atoms with E-state index in [0.29, 0.717) is 6.20 Å². The van der Waals surface area contributed by atoms with Crippen molar-refractivity contribution in [2.45, 2.75) is 26.9 Å². The minimum atomic E-state index is -1.48. The molecular formula is C40H30ClFN4O10. The van der Waals surface area contributed by atoms with Crippen molar-refractivity contribution in [2.24, 2.45) is 0 Å². The second kappa shape index (κ2) is 17.9. The number of ether oxygens (including phenoxy) is 5. The summed E-state index contributed by atoms with van der Waals surface area (Å²) in [5.41, 5.74) is -1.40. The Labute approximate surface area is 322 Å². The summed E-state index contributed by atoms with van der Waals surface area (Å²) in [7, 11) is 0. The Kier molecular flexibility index (Phi) is 12.4. The predicted molar refractivity (Wildman–Crippen MR) is 198 cm³/mol. The summed E-state index contributed by atoms with van der Waals surface area (Å²) in [5.74, 6) is -4.86. The molecular weight excluding hydrogens is 751 g/mol. The summed E-state index contributed by atoms with van der Waals surface area (Å²) in [5, 5.41) is -0.136. The van der Waals surface area contributed by atoms with Crippen LogP contribution in [0.5, 0.6) is 23.4 Å². The number of aromatic nitrogens is 4. The van der Waals surface area contributed by atoms with Crippen molar-refractivity contribution in [2.75, 3.05) is 6.61 Å². The van der Waals surface area contributed by atoms with Crippen LogP contribution in [0.1, 0.15) is 49.1 Å². The van der Waals surface area contributed by atoms with Crippen molar-refractivity contribution in [3.05, 3.63) is 175 Å². The third-order valence-electron chi connectivity index (χ3n) is 7.76. The SMILES string of the molecule is CCOCn1cc(F)c(=O)n(C(=O)c2cccc(C(=O)Oc3cc(OC(=O)c4cc(OCc5ccccc5)nc(OCc5ccccc5)c4)ncc3Cl)c2)c1=O. The molecule has 56 heavy (non-hydrogen) atoms. The lowest BCUT2D eigenvalue weighted by Crippen LogP contribution is -2.45. The molecule has 14 nitrogen and oxygen atoms in total. The summed E-state index contributed by atoms with van der Waals surface area (Å²) in [6.07, 6.45) is 1.72. The van der Waals surface area contributed by atoms with E-state index in [9.17, 15) is 28.4 Å². The fraction of sp³-hybridized carbons (Fsp3) is 0.125. The molecule has 0 spiro atoms. The van der Waals surface area contributed by atoms with Crippen LogP contribution in [0.15, 0.2) is 125 Å². The summed E-state index contributed by atoms with van der Waals surface area (Å²) in [6, 6.07) is 27.4. The first-order valence-electron chi connectivity index (χ1n) is 16.8. The zero-order chi connectivity index (χ0) is 39.6. The molecule has 0 N–H and O–H groups in total. The van der Waals surface area contributed by atoms with E-state index < -0.39 is 41.6 Å². The highest BCUT2D eigenvalue weighted by molar-refractivity contribution is 6.32. The Bertz CT molecular complexity index is 2450. The lowest BCUT2D eigenvalue weighted by atomic mass is 10.1. The topological polar surface area (TPSA) is 167 Å². The van der Waals surface area contributed by atoms with Gasteiger partial charge in [-0.05, 0) is 36.2 Å². The van der Waals surface area contributed by atoms with Crippen LogP contribution in [0.2, 0.25) is 5.02 Å². The van der Waals surface area contributed by atoms with Crippen LogP contribution >= 0.6 is 11.6 Å². The molecule has 3 aromatic carbocycles. The Balaban J connectivity index is 1.19. The zero-order valence-electron chi connectivity index (χ0n) is 29.4. The number of carbonyl (C=O) groups is 3. The average Bonchev–Trinajstić information content (AvgIpc) is 3.22. The van der Waals surface area contributed by atoms with E-state index in [1.165, 1.54) is 30.3 Å². The molecule has 284 valence electrons. The summed E-state index contributed by atoms with van der Waals surface area (Å²) < 4.78 is 43.0. The van der Waals surface area contributed by atoms with Crippen LogP contribution in [-0.4, -0.2) is 43.6 Å². The molecule has 0 aliphatic heterocycles. The first-order valence-corrected chi connectivity index (χ1v) is 17.2. The highest BCUT2D eigenvalue weighted by Crippen LogP contribution is 2.29. The van der Waals surface area contributed by atoms with Crippen molar-refractivity contribution in [1.82, 2.24) is 19.1 Å². The van der Waals surface area contributed by atoms with Crippen molar-refractivity contribution >= 4 is 29.4 Å². The molecule has 0 saturated heterocycles. The third kappa shape index (κ3) is 9.57. The third-order valence-corrected chi connectivity index (χ3v) is 8.05. The van der Waals surface area contributed by atoms with Gasteiger partial charge < -0.3 is 23.7 Å². The van der Waals surface area contributed by atoms with Gasteiger partial charge in [0.1, 0.15) is 25.0 Å². The Morgan fingerprint density at radius 3 is 1.96 bits per heavy atom. The number of esters is 2. The summed E-state index contributed by atoms with van der Waals surface area (Å²) in [4.78, 5) is 73.6. The fourth-order valence-electron chi connectivity index (χ4n) is 5.00. The van der Waals surface area contributed by atoms with Crippen molar-refractivity contribution in [3.63, 3.8) is 0 Å². The number of carbonyl (C=O) groups excluding carboxylic acids is 3. The van der Waals surface area contributed by atoms with E-state index in [2.05, 4.69) is 9.97 Å². The molecule has 6 aromatic rings. The number of hydrogen-bond donors (Lipinski definition) is 0. The maximum Gasteiger partial charge on any atom is 0.345 e. The van der Waals surface area contributed by atoms with Gasteiger partial charge in [-0.25, -0.2) is 19.4 Å². The maximum absolute atomic E-state index is 14.4. The molecule has 0 aliphatic carbocycles. The molecule has 0 bridgehead atoms. The van der Waals surface area contributed by atoms with E-state index in [1.54, 1.807) is 6.92 Å². The molecule has 0 unspecified atom stereocenters. The Morgan fingerprint density at radius 1 is 0.732 bits per heavy atom. The summed E-state index contributed by atoms with van der Waals surface area (Å²) >= 11 is 6.26. The van der Waals surface area contributed by atoms with Gasteiger partial charge in [-0.1, -0.05) is 78.3 Å². The number of halogens is 2. The van der Waals surface area contributed by atoms with Crippen LogP contribution in [0.4, 0.5) is 4.39 Å². The number of pyridine rings is 2. The molecule has 0 radical (unpaired) electrons. The van der Waals surface area contributed by atoms with Crippen molar-refractivity contribution in [3.8, 4) is 23.4 Å². The van der Waals surface area contributed by atoms with E-state index in [4.69, 9.17) is 35.3 Å². The van der Waals surface area contributed by atoms with Gasteiger partial charge in [0.25, 0.3) is 11.5 Å². The molecule has 6 rings (SSSR count). The standard InChI is InChI=1S/C40H30ClFN4O10/c1-2-52-24-45-21-31(42)37(48)46(40(45)51)36(47)27-14-9-15-28(16-27)38(49)55-32-19-33(43-20-30(32)41)56-39(50)29-17-34(53-22-25-10-5-3-6-11-25)44-35(18-29)54-23-26-12-7-4-8-13-26/h3-21H,2,22-24H2,1H3. The minimum Gasteiger partial charge on any atom is -0.473 e. The Hall–Kier alpha value is -6.97. The number of nitrogens with zero attached hydrogens (tertiary/aromatic N) is 4. The van der Waals surface area contributed by atoms with Gasteiger partial charge in [0, 0.05) is 30.4 Å². The molecule has 0 aliphatic rings. The quantitative estimate of drug-likeness (QED) is 0.121. The predicted octanol–water partition coefficient (Wildman–Crippen LogP) is 5.87. The van der Waals surface area contributed by atoms with Crippen LogP contribution in [-0.2, 0) is 24.7 Å². The average molecular weight is 781 g/mol. The van der Waals surface area contributed by atoms with Crippen molar-refractivity contribution in [1.29, 1.82) is 0 Å². The first-order chi connectivity index (χ1) is 27.1. The largest absolute Gasteiger partial charge is 0.473 e. The van der Waals surface area contributed by atoms with Crippen LogP contribution in [0.25, 0.3) is 0 Å². The fourth-order valence-corrected chi connectivity index (χ4v) is 5.14. The van der Waals surface area contributed by atoms with Gasteiger partial charge in [0.15, 0.2) is 5.75 Å². The van der Waals surface area contributed by atoms with Gasteiger partial charge in [-0.3, -0.25) is 14.2 Å². The lowest BCUT2D eigenvalue weighted by Gasteiger charge is -2.12. The van der Waals surface area contributed by atoms with Crippen LogP contribution in [0.3, 0.4) is 0 Å². The van der Waals surface area contributed by atoms with E-state index in [1.807, 2.05) is 60.7 Å². The number of rotatable bonds is 14. The smallest absolute Gasteiger partial charge is 0.345 e. The molecule has 0 atom stereocenters. The summed E-state index contributed by atoms with van der Waals surface area (Å²) in [6.45, 7) is 1.73. The van der Waals surface area contributed by atoms with E-state index in [0.717, 1.165) is 34.0 Å². The Morgan fingerprint density at radius 2 is 1.34 bits per heavy atom. The lowest BCUT2D eigenvalue weighted by molar-refractivity contribution is 0.0724. The number of hydrogen-bond acceptors (Lipinski definition) is 12. The van der Waals surface area contributed by atoms with E-state index >= 15 is 0 Å². The van der Waals surface area contributed by atoms with Gasteiger partial charge in [0.2, 0.25) is 23.5 Å². The normalized spacial score (nSPS) is 10.8. The monoisotopic (exact) mass is 780 g/mol. The number of benzene rings is 3. The van der Waals surface area contributed by atoms with Gasteiger partial charge in [-0.2, -0.15) is 13.9 Å². The molecule has 0 amide bonds. The zero-order valence-corrected chi connectivity index (χ0v) is 30.2. The van der Waals surface area contributed by atoms with Crippen LogP contribution < -0.4 is 30.2 Å². The highest BCUT2D eigenvalue weighted by atomic mass is 35.5. The molecule has 0 saturated carbocycles. The van der Waals surface area contributed by atoms with Gasteiger partial charge in [-0.15, -0.1) is 0 Å².